The molecule has 1 saturated heterocycles. The number of aromatic carboxylic acids is 1. The van der Waals surface area contributed by atoms with Gasteiger partial charge in [-0.1, -0.05) is 30.3 Å². The normalized spacial score (nSPS) is 17.5. The Morgan fingerprint density at radius 2 is 1.52 bits per heavy atom. The molecule has 5 rings (SSSR count). The zero-order chi connectivity index (χ0) is 31.6. The minimum absolute atomic E-state index is 0.0139. The third kappa shape index (κ3) is 7.19. The van der Waals surface area contributed by atoms with E-state index >= 15 is 0 Å². The van der Waals surface area contributed by atoms with Crippen LogP contribution in [0.3, 0.4) is 0 Å². The largest absolute Gasteiger partial charge is 0.478 e. The highest BCUT2D eigenvalue weighted by atomic mass is 19.4. The number of carbonyl (C=O) groups excluding carboxylic acids is 1. The molecule has 44 heavy (non-hydrogen) atoms. The van der Waals surface area contributed by atoms with Crippen LogP contribution >= 0.6 is 0 Å². The van der Waals surface area contributed by atoms with E-state index in [1.54, 1.807) is 18.3 Å². The summed E-state index contributed by atoms with van der Waals surface area (Å²) in [5.41, 5.74) is -1.55. The summed E-state index contributed by atoms with van der Waals surface area (Å²) in [5.74, 6) is -2.10. The monoisotopic (exact) mass is 616 g/mol. The molecule has 1 N–H and O–H groups in total. The summed E-state index contributed by atoms with van der Waals surface area (Å²) < 4.78 is 87.2. The molecule has 0 spiro atoms. The number of aromatic nitrogens is 1. The summed E-state index contributed by atoms with van der Waals surface area (Å²) in [5, 5.41) is 10.1. The van der Waals surface area contributed by atoms with E-state index in [1.807, 2.05) is 30.3 Å². The van der Waals surface area contributed by atoms with Crippen molar-refractivity contribution in [3.8, 4) is 0 Å². The number of hydrogen-bond donors (Lipinski definition) is 1. The number of ether oxygens (including phenoxy) is 1. The van der Waals surface area contributed by atoms with Crippen LogP contribution in [0.25, 0.3) is 10.9 Å². The number of likely N-dealkylation sites (tertiary alicyclic amines) is 1. The van der Waals surface area contributed by atoms with Gasteiger partial charge in [0, 0.05) is 29.7 Å². The van der Waals surface area contributed by atoms with Crippen LogP contribution in [-0.4, -0.2) is 45.6 Å². The molecule has 0 unspecified atom stereocenters. The number of carboxylic acid groups (broad SMARTS) is 1. The van der Waals surface area contributed by atoms with Crippen molar-refractivity contribution in [1.29, 1.82) is 0 Å². The predicted octanol–water partition coefficient (Wildman–Crippen LogP) is 7.40. The van der Waals surface area contributed by atoms with Crippen molar-refractivity contribution in [3.63, 3.8) is 0 Å². The van der Waals surface area contributed by atoms with E-state index in [1.165, 1.54) is 17.0 Å². The molecule has 12 heteroatoms. The van der Waals surface area contributed by atoms with Crippen molar-refractivity contribution >= 4 is 22.8 Å². The quantitative estimate of drug-likeness (QED) is 0.219. The van der Waals surface area contributed by atoms with E-state index in [-0.39, 0.29) is 43.7 Å². The standard InChI is InChI=1S/C32H26F6N2O4/c33-31(34,35)24-13-23(14-25(15-24)32(36,37)38)29(41)40-10-9-27(16-26(40)12-19-5-7-21(8-6-19)30(42)43)44-18-20-11-22-3-1-2-4-28(22)39-17-20/h1-8,11,13-15,17,26-27H,9-10,12,16,18H2,(H,42,43)/t26-,27+/m1/s1. The van der Waals surface area contributed by atoms with Gasteiger partial charge in [0.25, 0.3) is 5.91 Å². The summed E-state index contributed by atoms with van der Waals surface area (Å²) >= 11 is 0. The fourth-order valence-electron chi connectivity index (χ4n) is 5.34. The third-order valence-electron chi connectivity index (χ3n) is 7.57. The molecule has 0 saturated carbocycles. The van der Waals surface area contributed by atoms with Crippen molar-refractivity contribution in [2.75, 3.05) is 6.54 Å². The Balaban J connectivity index is 1.40. The van der Waals surface area contributed by atoms with Crippen LogP contribution in [0.1, 0.15) is 55.8 Å². The fourth-order valence-corrected chi connectivity index (χ4v) is 5.34. The maximum absolute atomic E-state index is 13.6. The Bertz CT molecular complexity index is 1640. The second-order valence-corrected chi connectivity index (χ2v) is 10.6. The average molecular weight is 617 g/mol. The van der Waals surface area contributed by atoms with Gasteiger partial charge in [0.2, 0.25) is 0 Å². The highest BCUT2D eigenvalue weighted by Crippen LogP contribution is 2.37. The summed E-state index contributed by atoms with van der Waals surface area (Å²) in [6.07, 6.45) is -8.16. The molecular weight excluding hydrogens is 590 g/mol. The van der Waals surface area contributed by atoms with Gasteiger partial charge in [-0.25, -0.2) is 4.79 Å². The second kappa shape index (κ2) is 12.3. The minimum Gasteiger partial charge on any atom is -0.478 e. The molecule has 0 radical (unpaired) electrons. The lowest BCUT2D eigenvalue weighted by molar-refractivity contribution is -0.143. The smallest absolute Gasteiger partial charge is 0.416 e. The van der Waals surface area contributed by atoms with E-state index in [4.69, 9.17) is 4.74 Å². The van der Waals surface area contributed by atoms with E-state index < -0.39 is 47.0 Å². The van der Waals surface area contributed by atoms with E-state index in [0.717, 1.165) is 16.5 Å². The average Bonchev–Trinajstić information content (AvgIpc) is 2.99. The summed E-state index contributed by atoms with van der Waals surface area (Å²) in [7, 11) is 0. The zero-order valence-corrected chi connectivity index (χ0v) is 23.0. The lowest BCUT2D eigenvalue weighted by atomic mass is 9.92. The lowest BCUT2D eigenvalue weighted by Gasteiger charge is -2.40. The molecule has 1 amide bonds. The number of piperidine rings is 1. The zero-order valence-electron chi connectivity index (χ0n) is 23.0. The maximum atomic E-state index is 13.6. The number of hydrogen-bond acceptors (Lipinski definition) is 4. The van der Waals surface area contributed by atoms with Gasteiger partial charge in [0.15, 0.2) is 0 Å². The molecule has 1 aliphatic heterocycles. The molecule has 1 aromatic heterocycles. The van der Waals surface area contributed by atoms with Crippen LogP contribution in [0.2, 0.25) is 0 Å². The van der Waals surface area contributed by atoms with Gasteiger partial charge in [-0.05, 0) is 72.9 Å². The maximum Gasteiger partial charge on any atom is 0.416 e. The van der Waals surface area contributed by atoms with Crippen LogP contribution in [-0.2, 0) is 30.1 Å². The SMILES string of the molecule is O=C(O)c1ccc(C[C@@H]2C[C@@H](OCc3cnc4ccccc4c3)CCN2C(=O)c2cc(C(F)(F)F)cc(C(F)(F)F)c2)cc1. The number of halogens is 6. The van der Waals surface area contributed by atoms with Crippen LogP contribution in [0.5, 0.6) is 0 Å². The lowest BCUT2D eigenvalue weighted by Crippen LogP contribution is -2.49. The van der Waals surface area contributed by atoms with E-state index in [2.05, 4.69) is 4.98 Å². The Morgan fingerprint density at radius 3 is 2.16 bits per heavy atom. The molecule has 0 bridgehead atoms. The van der Waals surface area contributed by atoms with Gasteiger partial charge < -0.3 is 14.7 Å². The van der Waals surface area contributed by atoms with Gasteiger partial charge >= 0.3 is 18.3 Å². The molecule has 1 fully saturated rings. The number of amides is 1. The van der Waals surface area contributed by atoms with Crippen molar-refractivity contribution in [1.82, 2.24) is 9.88 Å². The molecule has 230 valence electrons. The first-order valence-electron chi connectivity index (χ1n) is 13.7. The first-order valence-corrected chi connectivity index (χ1v) is 13.7. The molecular formula is C32H26F6N2O4. The van der Waals surface area contributed by atoms with Crippen molar-refractivity contribution in [2.24, 2.45) is 0 Å². The Hall–Kier alpha value is -4.45. The summed E-state index contributed by atoms with van der Waals surface area (Å²) in [6, 6.07) is 15.6. The topological polar surface area (TPSA) is 79.7 Å². The molecule has 3 aromatic carbocycles. The number of fused-ring (bicyclic) bond motifs is 1. The molecule has 4 aromatic rings. The third-order valence-corrected chi connectivity index (χ3v) is 7.57. The summed E-state index contributed by atoms with van der Waals surface area (Å²) in [4.78, 5) is 30.5. The predicted molar refractivity (Wildman–Crippen MR) is 148 cm³/mol. The van der Waals surface area contributed by atoms with Gasteiger partial charge in [0.05, 0.1) is 34.9 Å². The Kier molecular flexibility index (Phi) is 8.64. The molecule has 6 nitrogen and oxygen atoms in total. The number of benzene rings is 3. The number of carbonyl (C=O) groups is 2. The molecule has 2 atom stereocenters. The number of nitrogens with zero attached hydrogens (tertiary/aromatic N) is 2. The molecule has 0 aliphatic carbocycles. The Morgan fingerprint density at radius 1 is 0.864 bits per heavy atom. The van der Waals surface area contributed by atoms with Gasteiger partial charge in [-0.3, -0.25) is 9.78 Å². The van der Waals surface area contributed by atoms with E-state index in [0.29, 0.717) is 24.1 Å². The highest BCUT2D eigenvalue weighted by molar-refractivity contribution is 5.95. The Labute approximate surface area is 247 Å². The number of rotatable bonds is 7. The first kappa shape index (κ1) is 31.0. The molecule has 2 heterocycles. The number of alkyl halides is 6. The van der Waals surface area contributed by atoms with Crippen molar-refractivity contribution < 1.29 is 45.8 Å². The van der Waals surface area contributed by atoms with Gasteiger partial charge in [0.1, 0.15) is 0 Å². The van der Waals surface area contributed by atoms with Crippen LogP contribution in [0.15, 0.2) is 79.0 Å². The van der Waals surface area contributed by atoms with Crippen LogP contribution in [0.4, 0.5) is 26.3 Å². The summed E-state index contributed by atoms with van der Waals surface area (Å²) in [6.45, 7) is 0.230. The van der Waals surface area contributed by atoms with Gasteiger partial charge in [-0.15, -0.1) is 0 Å². The van der Waals surface area contributed by atoms with Crippen LogP contribution < -0.4 is 0 Å². The van der Waals surface area contributed by atoms with Crippen LogP contribution in [0, 0.1) is 0 Å². The highest BCUT2D eigenvalue weighted by Gasteiger charge is 2.39. The van der Waals surface area contributed by atoms with Crippen molar-refractivity contribution in [2.45, 2.75) is 50.4 Å². The fraction of sp³-hybridized carbons (Fsp3) is 0.281. The number of carboxylic acids is 1. The molecule has 1 aliphatic rings. The second-order valence-electron chi connectivity index (χ2n) is 10.6. The van der Waals surface area contributed by atoms with Crippen molar-refractivity contribution in [3.05, 3.63) is 112 Å². The van der Waals surface area contributed by atoms with Gasteiger partial charge in [-0.2, -0.15) is 26.3 Å². The number of pyridine rings is 1. The first-order chi connectivity index (χ1) is 20.8. The van der Waals surface area contributed by atoms with E-state index in [9.17, 15) is 41.0 Å². The number of para-hydroxylation sites is 1. The minimum atomic E-state index is -5.10.